The summed E-state index contributed by atoms with van der Waals surface area (Å²) in [5.41, 5.74) is 1.75. The van der Waals surface area contributed by atoms with Gasteiger partial charge in [0, 0.05) is 29.2 Å². The van der Waals surface area contributed by atoms with Crippen molar-refractivity contribution in [3.63, 3.8) is 0 Å². The molecule has 0 aliphatic carbocycles. The van der Waals surface area contributed by atoms with E-state index in [0.29, 0.717) is 17.1 Å². The minimum Gasteiger partial charge on any atom is -0.288 e. The Balaban J connectivity index is 1.77. The summed E-state index contributed by atoms with van der Waals surface area (Å²) in [4.78, 5) is 17.1. The van der Waals surface area contributed by atoms with Crippen molar-refractivity contribution in [2.45, 2.75) is 18.9 Å². The Morgan fingerprint density at radius 2 is 1.85 bits per heavy atom. The van der Waals surface area contributed by atoms with Crippen LogP contribution < -0.4 is 5.56 Å². The molecule has 0 saturated heterocycles. The topological polar surface area (TPSA) is 58.7 Å². The fourth-order valence-electron chi connectivity index (χ4n) is 3.41. The van der Waals surface area contributed by atoms with Crippen LogP contribution in [-0.4, -0.2) is 9.55 Å². The number of rotatable bonds is 2. The summed E-state index contributed by atoms with van der Waals surface area (Å²) in [5.74, 6) is -0.942. The number of fused-ring (bicyclic) bond motifs is 1. The Morgan fingerprint density at radius 1 is 1.12 bits per heavy atom. The van der Waals surface area contributed by atoms with E-state index in [2.05, 4.69) is 4.98 Å². The highest BCUT2D eigenvalue weighted by Crippen LogP contribution is 2.43. The standard InChI is InChI=1S/C20H13F2N3O/c1-11-19(15-7-6-14(21)8-16(15)22)25-18(26)9-17(24-20(11)25)13-4-2-12(10-23)3-5-13/h2-9,11,19H,1H3. The van der Waals surface area contributed by atoms with Crippen molar-refractivity contribution in [2.24, 2.45) is 0 Å². The molecule has 0 saturated carbocycles. The minimum atomic E-state index is -0.671. The summed E-state index contributed by atoms with van der Waals surface area (Å²) in [6.07, 6.45) is 0. The van der Waals surface area contributed by atoms with Gasteiger partial charge in [-0.2, -0.15) is 5.26 Å². The Hall–Kier alpha value is -3.33. The molecule has 0 amide bonds. The van der Waals surface area contributed by atoms with E-state index < -0.39 is 17.7 Å². The zero-order chi connectivity index (χ0) is 18.4. The van der Waals surface area contributed by atoms with Crippen LogP contribution in [0.3, 0.4) is 0 Å². The lowest BCUT2D eigenvalue weighted by molar-refractivity contribution is 0.333. The van der Waals surface area contributed by atoms with Gasteiger partial charge in [-0.15, -0.1) is 0 Å². The van der Waals surface area contributed by atoms with Crippen LogP contribution in [-0.2, 0) is 0 Å². The van der Waals surface area contributed by atoms with E-state index in [1.807, 2.05) is 13.0 Å². The van der Waals surface area contributed by atoms with Gasteiger partial charge in [0.1, 0.15) is 17.5 Å². The lowest BCUT2D eigenvalue weighted by atomic mass is 9.86. The van der Waals surface area contributed by atoms with Gasteiger partial charge in [-0.1, -0.05) is 25.1 Å². The van der Waals surface area contributed by atoms with E-state index >= 15 is 0 Å². The molecular weight excluding hydrogens is 336 g/mol. The Bertz CT molecular complexity index is 1110. The molecule has 1 aliphatic heterocycles. The fourth-order valence-corrected chi connectivity index (χ4v) is 3.41. The molecule has 128 valence electrons. The summed E-state index contributed by atoms with van der Waals surface area (Å²) in [6.45, 7) is 1.86. The fraction of sp³-hybridized carbons (Fsp3) is 0.150. The molecular formula is C20H13F2N3O. The van der Waals surface area contributed by atoms with Crippen molar-refractivity contribution < 1.29 is 8.78 Å². The number of hydrogen-bond donors (Lipinski definition) is 0. The third kappa shape index (κ3) is 2.40. The lowest BCUT2D eigenvalue weighted by Gasteiger charge is -2.38. The molecule has 0 bridgehead atoms. The van der Waals surface area contributed by atoms with Crippen molar-refractivity contribution in [1.82, 2.24) is 9.55 Å². The third-order valence-electron chi connectivity index (χ3n) is 4.73. The Labute approximate surface area is 148 Å². The summed E-state index contributed by atoms with van der Waals surface area (Å²) in [5, 5.41) is 8.87. The van der Waals surface area contributed by atoms with E-state index in [9.17, 15) is 13.6 Å². The van der Waals surface area contributed by atoms with E-state index in [1.165, 1.54) is 22.8 Å². The van der Waals surface area contributed by atoms with Gasteiger partial charge < -0.3 is 0 Å². The molecule has 2 unspecified atom stereocenters. The molecule has 2 heterocycles. The smallest absolute Gasteiger partial charge is 0.254 e. The second-order valence-electron chi connectivity index (χ2n) is 6.30. The predicted octanol–water partition coefficient (Wildman–Crippen LogP) is 3.77. The molecule has 2 atom stereocenters. The molecule has 3 aromatic rings. The first-order valence-electron chi connectivity index (χ1n) is 8.08. The number of benzene rings is 2. The molecule has 1 aromatic heterocycles. The molecule has 2 aromatic carbocycles. The average Bonchev–Trinajstić information content (AvgIpc) is 2.64. The number of nitriles is 1. The molecule has 1 aliphatic rings. The van der Waals surface area contributed by atoms with Gasteiger partial charge in [0.25, 0.3) is 5.56 Å². The summed E-state index contributed by atoms with van der Waals surface area (Å²) < 4.78 is 28.7. The molecule has 0 spiro atoms. The number of aromatic nitrogens is 2. The van der Waals surface area contributed by atoms with Crippen molar-refractivity contribution in [1.29, 1.82) is 5.26 Å². The lowest BCUT2D eigenvalue weighted by Crippen LogP contribution is -2.42. The van der Waals surface area contributed by atoms with Crippen LogP contribution in [0.4, 0.5) is 8.78 Å². The zero-order valence-electron chi connectivity index (χ0n) is 13.8. The van der Waals surface area contributed by atoms with Crippen molar-refractivity contribution >= 4 is 0 Å². The van der Waals surface area contributed by atoms with Crippen LogP contribution in [0.2, 0.25) is 0 Å². The molecule has 26 heavy (non-hydrogen) atoms. The highest BCUT2D eigenvalue weighted by molar-refractivity contribution is 5.60. The minimum absolute atomic E-state index is 0.180. The second-order valence-corrected chi connectivity index (χ2v) is 6.30. The van der Waals surface area contributed by atoms with Gasteiger partial charge in [0.05, 0.1) is 23.4 Å². The number of halogens is 2. The molecule has 0 fully saturated rings. The van der Waals surface area contributed by atoms with Crippen molar-refractivity contribution in [3.05, 3.63) is 87.5 Å². The van der Waals surface area contributed by atoms with E-state index in [0.717, 1.165) is 11.6 Å². The van der Waals surface area contributed by atoms with Crippen LogP contribution in [0.1, 0.15) is 35.8 Å². The highest BCUT2D eigenvalue weighted by atomic mass is 19.1. The van der Waals surface area contributed by atoms with E-state index in [4.69, 9.17) is 5.26 Å². The van der Waals surface area contributed by atoms with Crippen molar-refractivity contribution in [3.8, 4) is 17.3 Å². The molecule has 4 nitrogen and oxygen atoms in total. The maximum Gasteiger partial charge on any atom is 0.254 e. The van der Waals surface area contributed by atoms with Crippen LogP contribution >= 0.6 is 0 Å². The first-order chi connectivity index (χ1) is 12.5. The Morgan fingerprint density at radius 3 is 2.50 bits per heavy atom. The maximum atomic E-state index is 14.1. The van der Waals surface area contributed by atoms with Gasteiger partial charge in [-0.3, -0.25) is 9.36 Å². The molecule has 6 heteroatoms. The van der Waals surface area contributed by atoms with E-state index in [-0.39, 0.29) is 17.0 Å². The quantitative estimate of drug-likeness (QED) is 0.708. The van der Waals surface area contributed by atoms with Gasteiger partial charge in [0.2, 0.25) is 0 Å². The van der Waals surface area contributed by atoms with Gasteiger partial charge >= 0.3 is 0 Å². The molecule has 4 rings (SSSR count). The van der Waals surface area contributed by atoms with Crippen LogP contribution in [0.15, 0.2) is 53.3 Å². The maximum absolute atomic E-state index is 14.1. The Kier molecular flexibility index (Phi) is 3.66. The predicted molar refractivity (Wildman–Crippen MR) is 91.6 cm³/mol. The highest BCUT2D eigenvalue weighted by Gasteiger charge is 2.39. The van der Waals surface area contributed by atoms with Gasteiger partial charge in [0.15, 0.2) is 0 Å². The van der Waals surface area contributed by atoms with Gasteiger partial charge in [-0.25, -0.2) is 13.8 Å². The third-order valence-corrected chi connectivity index (χ3v) is 4.73. The van der Waals surface area contributed by atoms with Crippen LogP contribution in [0, 0.1) is 23.0 Å². The monoisotopic (exact) mass is 349 g/mol. The van der Waals surface area contributed by atoms with Gasteiger partial charge in [-0.05, 0) is 18.2 Å². The summed E-state index contributed by atoms with van der Waals surface area (Å²) in [7, 11) is 0. The SMILES string of the molecule is CC1c2nc(-c3ccc(C#N)cc3)cc(=O)n2C1c1ccc(F)cc1F. The average molecular weight is 349 g/mol. The molecule has 0 N–H and O–H groups in total. The zero-order valence-corrected chi connectivity index (χ0v) is 13.8. The van der Waals surface area contributed by atoms with Crippen LogP contribution in [0.5, 0.6) is 0 Å². The first-order valence-corrected chi connectivity index (χ1v) is 8.08. The first kappa shape index (κ1) is 16.2. The largest absolute Gasteiger partial charge is 0.288 e. The second kappa shape index (κ2) is 5.88. The number of hydrogen-bond acceptors (Lipinski definition) is 3. The normalized spacial score (nSPS) is 17.9. The molecule has 0 radical (unpaired) electrons. The van der Waals surface area contributed by atoms with Crippen LogP contribution in [0.25, 0.3) is 11.3 Å². The summed E-state index contributed by atoms with van der Waals surface area (Å²) in [6, 6.07) is 13.1. The van der Waals surface area contributed by atoms with E-state index in [1.54, 1.807) is 24.3 Å². The van der Waals surface area contributed by atoms with Crippen molar-refractivity contribution in [2.75, 3.05) is 0 Å². The number of nitrogens with zero attached hydrogens (tertiary/aromatic N) is 3. The summed E-state index contributed by atoms with van der Waals surface area (Å²) >= 11 is 0.